The molecule has 0 spiro atoms. The van der Waals surface area contributed by atoms with Gasteiger partial charge in [-0.2, -0.15) is 5.10 Å². The molecule has 0 N–H and O–H groups in total. The smallest absolute Gasteiger partial charge is 0.274 e. The van der Waals surface area contributed by atoms with Gasteiger partial charge >= 0.3 is 0 Å². The van der Waals surface area contributed by atoms with Gasteiger partial charge in [-0.3, -0.25) is 9.59 Å². The van der Waals surface area contributed by atoms with Crippen LogP contribution in [-0.2, 0) is 16.0 Å². The van der Waals surface area contributed by atoms with Crippen molar-refractivity contribution in [2.24, 2.45) is 5.10 Å². The molecule has 0 saturated carbocycles. The van der Waals surface area contributed by atoms with Gasteiger partial charge < -0.3 is 4.90 Å². The molecule has 0 fully saturated rings. The van der Waals surface area contributed by atoms with Gasteiger partial charge in [-0.1, -0.05) is 29.8 Å². The summed E-state index contributed by atoms with van der Waals surface area (Å²) in [6.07, 6.45) is 2.53. The summed E-state index contributed by atoms with van der Waals surface area (Å²) in [4.78, 5) is 27.2. The number of rotatable bonds is 2. The molecule has 2 aliphatic heterocycles. The molecule has 0 atom stereocenters. The number of para-hydroxylation sites is 1. The summed E-state index contributed by atoms with van der Waals surface area (Å²) in [5.41, 5.74) is 3.15. The molecule has 0 aromatic heterocycles. The number of hydrogen-bond donors (Lipinski definition) is 0. The van der Waals surface area contributed by atoms with Crippen molar-refractivity contribution in [1.82, 2.24) is 0 Å². The number of hydrazone groups is 1. The summed E-state index contributed by atoms with van der Waals surface area (Å²) in [5.74, 6) is -0.244. The molecule has 26 heavy (non-hydrogen) atoms. The van der Waals surface area contributed by atoms with E-state index >= 15 is 0 Å². The summed E-state index contributed by atoms with van der Waals surface area (Å²) in [6, 6.07) is 14.8. The molecule has 2 amide bonds. The van der Waals surface area contributed by atoms with Gasteiger partial charge in [0, 0.05) is 30.1 Å². The van der Waals surface area contributed by atoms with Crippen molar-refractivity contribution < 1.29 is 9.59 Å². The van der Waals surface area contributed by atoms with Gasteiger partial charge in [-0.05, 0) is 48.7 Å². The Kier molecular flexibility index (Phi) is 4.47. The van der Waals surface area contributed by atoms with Crippen LogP contribution in [0.15, 0.2) is 53.6 Å². The van der Waals surface area contributed by atoms with Crippen molar-refractivity contribution in [2.45, 2.75) is 25.7 Å². The Morgan fingerprint density at radius 2 is 1.77 bits per heavy atom. The van der Waals surface area contributed by atoms with Crippen LogP contribution in [0, 0.1) is 0 Å². The Balaban J connectivity index is 1.65. The number of fused-ring (bicyclic) bond motifs is 1. The summed E-state index contributed by atoms with van der Waals surface area (Å²) in [5, 5.41) is 6.27. The van der Waals surface area contributed by atoms with Crippen molar-refractivity contribution >= 4 is 40.5 Å². The fourth-order valence-electron chi connectivity index (χ4n) is 3.39. The molecule has 2 aromatic carbocycles. The minimum absolute atomic E-state index is 0.122. The van der Waals surface area contributed by atoms with E-state index in [4.69, 9.17) is 11.6 Å². The van der Waals surface area contributed by atoms with Crippen LogP contribution in [0.4, 0.5) is 11.4 Å². The third-order valence-electron chi connectivity index (χ3n) is 4.71. The lowest BCUT2D eigenvalue weighted by atomic mass is 10.0. The Bertz CT molecular complexity index is 892. The summed E-state index contributed by atoms with van der Waals surface area (Å²) >= 11 is 5.92. The molecular formula is C20H18ClN3O2. The zero-order chi connectivity index (χ0) is 18.1. The third kappa shape index (κ3) is 3.10. The molecule has 4 rings (SSSR count). The average molecular weight is 368 g/mol. The predicted molar refractivity (Wildman–Crippen MR) is 103 cm³/mol. The first-order valence-corrected chi connectivity index (χ1v) is 9.07. The Morgan fingerprint density at radius 3 is 2.58 bits per heavy atom. The second-order valence-electron chi connectivity index (χ2n) is 6.42. The maximum Gasteiger partial charge on any atom is 0.274 e. The summed E-state index contributed by atoms with van der Waals surface area (Å²) in [6.45, 7) is 0.670. The fourth-order valence-corrected chi connectivity index (χ4v) is 3.52. The van der Waals surface area contributed by atoms with E-state index < -0.39 is 0 Å². The molecule has 0 radical (unpaired) electrons. The molecular weight excluding hydrogens is 350 g/mol. The number of nitrogens with zero attached hydrogens (tertiary/aromatic N) is 3. The second kappa shape index (κ2) is 6.92. The number of carbonyl (C=O) groups is 2. The molecule has 2 aliphatic rings. The maximum absolute atomic E-state index is 13.1. The zero-order valence-corrected chi connectivity index (χ0v) is 14.9. The maximum atomic E-state index is 13.1. The van der Waals surface area contributed by atoms with E-state index in [1.54, 1.807) is 29.2 Å². The summed E-state index contributed by atoms with van der Waals surface area (Å²) in [7, 11) is 0. The van der Waals surface area contributed by atoms with E-state index in [0.717, 1.165) is 18.5 Å². The quantitative estimate of drug-likeness (QED) is 0.810. The van der Waals surface area contributed by atoms with Crippen LogP contribution in [0.2, 0.25) is 5.02 Å². The highest BCUT2D eigenvalue weighted by atomic mass is 35.5. The molecule has 0 bridgehead atoms. The molecule has 0 unspecified atom stereocenters. The van der Waals surface area contributed by atoms with Crippen molar-refractivity contribution in [3.05, 3.63) is 59.1 Å². The highest BCUT2D eigenvalue weighted by Gasteiger charge is 2.30. The van der Waals surface area contributed by atoms with Gasteiger partial charge in [0.05, 0.1) is 5.69 Å². The van der Waals surface area contributed by atoms with E-state index in [1.165, 1.54) is 10.6 Å². The van der Waals surface area contributed by atoms with Crippen molar-refractivity contribution in [3.63, 3.8) is 0 Å². The van der Waals surface area contributed by atoms with E-state index in [9.17, 15) is 9.59 Å². The molecule has 5 nitrogen and oxygen atoms in total. The molecule has 2 heterocycles. The lowest BCUT2D eigenvalue weighted by molar-refractivity contribution is -0.118. The number of hydrogen-bond acceptors (Lipinski definition) is 3. The largest absolute Gasteiger partial charge is 0.307 e. The molecule has 132 valence electrons. The van der Waals surface area contributed by atoms with E-state index in [1.807, 2.05) is 18.2 Å². The van der Waals surface area contributed by atoms with Gasteiger partial charge in [0.25, 0.3) is 5.91 Å². The Hall–Kier alpha value is -2.66. The standard InChI is InChI=1S/C20H18ClN3O2/c21-15-7-9-16(10-8-15)24-19(25)12-11-17(22-24)20(26)23-13-3-5-14-4-1-2-6-18(14)23/h1-2,4,6-10H,3,5,11-13H2. The van der Waals surface area contributed by atoms with Gasteiger partial charge in [-0.15, -0.1) is 0 Å². The number of anilines is 2. The minimum atomic E-state index is -0.122. The van der Waals surface area contributed by atoms with Crippen molar-refractivity contribution in [2.75, 3.05) is 16.5 Å². The number of amides is 2. The number of benzene rings is 2. The first-order valence-electron chi connectivity index (χ1n) is 8.69. The van der Waals surface area contributed by atoms with Gasteiger partial charge in [0.1, 0.15) is 5.71 Å². The molecule has 0 aliphatic carbocycles. The molecule has 0 saturated heterocycles. The number of carbonyl (C=O) groups excluding carboxylic acids is 2. The fraction of sp³-hybridized carbons (Fsp3) is 0.250. The highest BCUT2D eigenvalue weighted by Crippen LogP contribution is 2.28. The van der Waals surface area contributed by atoms with Crippen LogP contribution >= 0.6 is 11.6 Å². The zero-order valence-electron chi connectivity index (χ0n) is 14.2. The van der Waals surface area contributed by atoms with Crippen molar-refractivity contribution in [3.8, 4) is 0 Å². The van der Waals surface area contributed by atoms with E-state index in [-0.39, 0.29) is 18.2 Å². The van der Waals surface area contributed by atoms with Crippen molar-refractivity contribution in [1.29, 1.82) is 0 Å². The third-order valence-corrected chi connectivity index (χ3v) is 4.96. The van der Waals surface area contributed by atoms with Crippen LogP contribution < -0.4 is 9.91 Å². The normalized spacial score (nSPS) is 17.0. The summed E-state index contributed by atoms with van der Waals surface area (Å²) < 4.78 is 0. The molecule has 2 aromatic rings. The molecule has 6 heteroatoms. The highest BCUT2D eigenvalue weighted by molar-refractivity contribution is 6.44. The van der Waals surface area contributed by atoms with Crippen LogP contribution in [0.25, 0.3) is 0 Å². The first-order chi connectivity index (χ1) is 12.6. The number of aryl methyl sites for hydroxylation is 1. The van der Waals surface area contributed by atoms with Crippen LogP contribution in [0.3, 0.4) is 0 Å². The number of halogens is 1. The second-order valence-corrected chi connectivity index (χ2v) is 6.85. The lowest BCUT2D eigenvalue weighted by Gasteiger charge is -2.31. The van der Waals surface area contributed by atoms with Gasteiger partial charge in [0.15, 0.2) is 0 Å². The topological polar surface area (TPSA) is 53.0 Å². The SMILES string of the molecule is O=C(C1=NN(c2ccc(Cl)cc2)C(=O)CC1)N1CCCc2ccccc21. The lowest BCUT2D eigenvalue weighted by Crippen LogP contribution is -2.43. The Labute approximate surface area is 156 Å². The van der Waals surface area contributed by atoms with Crippen LogP contribution in [0.1, 0.15) is 24.8 Å². The van der Waals surface area contributed by atoms with E-state index in [2.05, 4.69) is 11.2 Å². The first kappa shape index (κ1) is 16.8. The average Bonchev–Trinajstić information content (AvgIpc) is 2.68. The Morgan fingerprint density at radius 1 is 1.00 bits per heavy atom. The van der Waals surface area contributed by atoms with Gasteiger partial charge in [-0.25, -0.2) is 5.01 Å². The van der Waals surface area contributed by atoms with Crippen LogP contribution in [0.5, 0.6) is 0 Å². The van der Waals surface area contributed by atoms with E-state index in [0.29, 0.717) is 29.4 Å². The van der Waals surface area contributed by atoms with Crippen LogP contribution in [-0.4, -0.2) is 24.1 Å². The monoisotopic (exact) mass is 367 g/mol. The van der Waals surface area contributed by atoms with Gasteiger partial charge in [0.2, 0.25) is 5.91 Å². The minimum Gasteiger partial charge on any atom is -0.307 e. The predicted octanol–water partition coefficient (Wildman–Crippen LogP) is 3.80.